The van der Waals surface area contributed by atoms with Gasteiger partial charge in [0.15, 0.2) is 5.03 Å². The van der Waals surface area contributed by atoms with Crippen LogP contribution in [-0.2, 0) is 23.1 Å². The van der Waals surface area contributed by atoms with Crippen LogP contribution in [0.1, 0.15) is 30.7 Å². The number of aromatic nitrogens is 2. The van der Waals surface area contributed by atoms with Gasteiger partial charge in [0.2, 0.25) is 0 Å². The van der Waals surface area contributed by atoms with E-state index >= 15 is 0 Å². The Morgan fingerprint density at radius 1 is 1.38 bits per heavy atom. The lowest BCUT2D eigenvalue weighted by Crippen LogP contribution is -2.27. The van der Waals surface area contributed by atoms with Gasteiger partial charge in [-0.3, -0.25) is 5.10 Å². The van der Waals surface area contributed by atoms with E-state index in [1.807, 2.05) is 13.8 Å². The van der Waals surface area contributed by atoms with Crippen LogP contribution in [0.5, 0.6) is 0 Å². The zero-order chi connectivity index (χ0) is 15.5. The molecule has 116 valence electrons. The van der Waals surface area contributed by atoms with Gasteiger partial charge in [-0.15, -0.1) is 0 Å². The number of furan rings is 1. The molecule has 0 saturated heterocycles. The second-order valence-electron chi connectivity index (χ2n) is 5.12. The monoisotopic (exact) mass is 312 g/mol. The van der Waals surface area contributed by atoms with E-state index in [9.17, 15) is 8.42 Å². The quantitative estimate of drug-likeness (QED) is 0.715. The van der Waals surface area contributed by atoms with Crippen molar-refractivity contribution in [3.63, 3.8) is 0 Å². The third-order valence-electron chi connectivity index (χ3n) is 3.02. The van der Waals surface area contributed by atoms with Crippen LogP contribution in [0.2, 0.25) is 0 Å². The lowest BCUT2D eigenvalue weighted by atomic mass is 10.2. The van der Waals surface area contributed by atoms with Crippen LogP contribution in [-0.4, -0.2) is 24.7 Å². The molecule has 0 atom stereocenters. The van der Waals surface area contributed by atoms with Crippen LogP contribution in [0.4, 0.5) is 0 Å². The maximum absolute atomic E-state index is 12.4. The summed E-state index contributed by atoms with van der Waals surface area (Å²) in [5, 5.41) is 9.90. The Hall–Kier alpha value is -1.64. The molecule has 0 bridgehead atoms. The zero-order valence-corrected chi connectivity index (χ0v) is 13.1. The normalized spacial score (nSPS) is 12.2. The second kappa shape index (κ2) is 6.42. The minimum absolute atomic E-state index is 0.0386. The van der Waals surface area contributed by atoms with Gasteiger partial charge in [-0.1, -0.05) is 13.8 Å². The van der Waals surface area contributed by atoms with E-state index in [0.29, 0.717) is 12.1 Å². The van der Waals surface area contributed by atoms with Gasteiger partial charge in [-0.05, 0) is 13.0 Å². The van der Waals surface area contributed by atoms with Crippen LogP contribution in [0.15, 0.2) is 28.0 Å². The third kappa shape index (κ3) is 3.93. The lowest BCUT2D eigenvalue weighted by Gasteiger charge is -2.10. The van der Waals surface area contributed by atoms with Gasteiger partial charge in [0, 0.05) is 36.0 Å². The number of hydrogen-bond acceptors (Lipinski definition) is 5. The van der Waals surface area contributed by atoms with Crippen molar-refractivity contribution in [3.05, 3.63) is 35.4 Å². The third-order valence-corrected chi connectivity index (χ3v) is 4.40. The highest BCUT2D eigenvalue weighted by Crippen LogP contribution is 2.16. The van der Waals surface area contributed by atoms with E-state index in [0.717, 1.165) is 11.3 Å². The maximum atomic E-state index is 12.4. The Kier molecular flexibility index (Phi) is 4.81. The molecule has 0 fully saturated rings. The van der Waals surface area contributed by atoms with Crippen LogP contribution in [0.25, 0.3) is 0 Å². The van der Waals surface area contributed by atoms with Gasteiger partial charge in [-0.25, -0.2) is 13.1 Å². The molecule has 7 nitrogen and oxygen atoms in total. The van der Waals surface area contributed by atoms with E-state index in [4.69, 9.17) is 4.42 Å². The molecule has 2 aromatic heterocycles. The molecule has 2 rings (SSSR count). The summed E-state index contributed by atoms with van der Waals surface area (Å²) in [6, 6.07) is 1.97. The molecule has 0 aliphatic heterocycles. The molecule has 0 saturated carbocycles. The fourth-order valence-electron chi connectivity index (χ4n) is 1.81. The van der Waals surface area contributed by atoms with Crippen molar-refractivity contribution >= 4 is 10.0 Å². The van der Waals surface area contributed by atoms with Crippen molar-refractivity contribution in [1.82, 2.24) is 20.2 Å². The predicted octanol–water partition coefficient (Wildman–Crippen LogP) is 1.29. The van der Waals surface area contributed by atoms with Gasteiger partial charge in [-0.2, -0.15) is 5.10 Å². The number of hydrogen-bond donors (Lipinski definition) is 3. The highest BCUT2D eigenvalue weighted by Gasteiger charge is 2.23. The SMILES string of the molecule is Cc1[nH]nc(S(=O)(=O)NCc2ccoc2)c1CNC(C)C. The van der Waals surface area contributed by atoms with E-state index in [1.165, 1.54) is 12.5 Å². The fraction of sp³-hybridized carbons (Fsp3) is 0.462. The Morgan fingerprint density at radius 2 is 2.14 bits per heavy atom. The van der Waals surface area contributed by atoms with Crippen molar-refractivity contribution < 1.29 is 12.8 Å². The number of sulfonamides is 1. The van der Waals surface area contributed by atoms with E-state index < -0.39 is 10.0 Å². The first-order valence-corrected chi connectivity index (χ1v) is 8.16. The van der Waals surface area contributed by atoms with Crippen LogP contribution >= 0.6 is 0 Å². The van der Waals surface area contributed by atoms with E-state index in [2.05, 4.69) is 20.2 Å². The van der Waals surface area contributed by atoms with E-state index in [1.54, 1.807) is 13.0 Å². The molecule has 0 aliphatic carbocycles. The molecule has 0 amide bonds. The number of aromatic amines is 1. The van der Waals surface area contributed by atoms with Gasteiger partial charge >= 0.3 is 0 Å². The molecule has 8 heteroatoms. The van der Waals surface area contributed by atoms with Crippen molar-refractivity contribution in [3.8, 4) is 0 Å². The molecular formula is C13H20N4O3S. The summed E-state index contributed by atoms with van der Waals surface area (Å²) in [7, 11) is -3.67. The molecule has 2 heterocycles. The van der Waals surface area contributed by atoms with Crippen molar-refractivity contribution in [1.29, 1.82) is 0 Å². The Labute approximate surface area is 124 Å². The average Bonchev–Trinajstić information content (AvgIpc) is 3.03. The van der Waals surface area contributed by atoms with E-state index in [-0.39, 0.29) is 17.6 Å². The predicted molar refractivity (Wildman–Crippen MR) is 78.0 cm³/mol. The van der Waals surface area contributed by atoms with Crippen LogP contribution in [0, 0.1) is 6.92 Å². The number of aryl methyl sites for hydroxylation is 1. The summed E-state index contributed by atoms with van der Waals surface area (Å²) < 4.78 is 32.1. The first-order valence-electron chi connectivity index (χ1n) is 6.68. The van der Waals surface area contributed by atoms with Crippen molar-refractivity contribution in [2.45, 2.75) is 44.9 Å². The topological polar surface area (TPSA) is 100 Å². The smallest absolute Gasteiger partial charge is 0.260 e. The average molecular weight is 312 g/mol. The Morgan fingerprint density at radius 3 is 2.76 bits per heavy atom. The molecule has 0 aromatic carbocycles. The highest BCUT2D eigenvalue weighted by atomic mass is 32.2. The largest absolute Gasteiger partial charge is 0.472 e. The molecule has 3 N–H and O–H groups in total. The standard InChI is InChI=1S/C13H20N4O3S/c1-9(2)14-7-12-10(3)16-17-13(12)21(18,19)15-6-11-4-5-20-8-11/h4-5,8-9,14-15H,6-7H2,1-3H3,(H,16,17). The maximum Gasteiger partial charge on any atom is 0.260 e. The first kappa shape index (κ1) is 15.7. The number of H-pyrrole nitrogens is 1. The fourth-order valence-corrected chi connectivity index (χ4v) is 3.02. The molecule has 0 unspecified atom stereocenters. The lowest BCUT2D eigenvalue weighted by molar-refractivity contribution is 0.557. The molecule has 0 radical (unpaired) electrons. The summed E-state index contributed by atoms with van der Waals surface area (Å²) in [5.41, 5.74) is 2.16. The minimum atomic E-state index is -3.67. The second-order valence-corrected chi connectivity index (χ2v) is 6.81. The minimum Gasteiger partial charge on any atom is -0.472 e. The first-order chi connectivity index (χ1) is 9.90. The summed E-state index contributed by atoms with van der Waals surface area (Å²) in [6.07, 6.45) is 3.00. The van der Waals surface area contributed by atoms with Crippen LogP contribution in [0.3, 0.4) is 0 Å². The summed E-state index contributed by atoms with van der Waals surface area (Å²) >= 11 is 0. The molecule has 0 aliphatic rings. The molecule has 2 aromatic rings. The number of nitrogens with one attached hydrogen (secondary N) is 3. The Bertz CT molecular complexity index is 674. The van der Waals surface area contributed by atoms with Gasteiger partial charge < -0.3 is 9.73 Å². The Balaban J connectivity index is 2.15. The number of nitrogens with zero attached hydrogens (tertiary/aromatic N) is 1. The number of rotatable bonds is 7. The highest BCUT2D eigenvalue weighted by molar-refractivity contribution is 7.89. The van der Waals surface area contributed by atoms with Crippen molar-refractivity contribution in [2.24, 2.45) is 0 Å². The van der Waals surface area contributed by atoms with Gasteiger partial charge in [0.1, 0.15) is 0 Å². The molecule has 0 spiro atoms. The van der Waals surface area contributed by atoms with Gasteiger partial charge in [0.05, 0.1) is 12.5 Å². The zero-order valence-electron chi connectivity index (χ0n) is 12.3. The summed E-state index contributed by atoms with van der Waals surface area (Å²) in [5.74, 6) is 0. The summed E-state index contributed by atoms with van der Waals surface area (Å²) in [6.45, 7) is 6.42. The van der Waals surface area contributed by atoms with Crippen molar-refractivity contribution in [2.75, 3.05) is 0 Å². The van der Waals surface area contributed by atoms with Gasteiger partial charge in [0.25, 0.3) is 10.0 Å². The molecule has 21 heavy (non-hydrogen) atoms. The van der Waals surface area contributed by atoms with Crippen LogP contribution < -0.4 is 10.0 Å². The molecular weight excluding hydrogens is 292 g/mol. The summed E-state index contributed by atoms with van der Waals surface area (Å²) in [4.78, 5) is 0.